The van der Waals surface area contributed by atoms with Gasteiger partial charge in [-0.25, -0.2) is 0 Å². The third-order valence-corrected chi connectivity index (χ3v) is 5.34. The molecule has 3 heterocycles. The molecule has 1 aromatic carbocycles. The highest BCUT2D eigenvalue weighted by atomic mass is 16.5. The first-order valence-corrected chi connectivity index (χ1v) is 9.37. The smallest absolute Gasteiger partial charge is 0.249 e. The molecule has 0 saturated carbocycles. The van der Waals surface area contributed by atoms with Gasteiger partial charge < -0.3 is 14.2 Å². The van der Waals surface area contributed by atoms with Gasteiger partial charge in [-0.05, 0) is 39.5 Å². The molecule has 2 atom stereocenters. The second-order valence-corrected chi connectivity index (χ2v) is 7.81. The SMILES string of the molecule is CC1(C)CC(C(=O)N2CCCC2c2nc(-c3ccccc3)no2)CCO1. The van der Waals surface area contributed by atoms with Crippen LogP contribution in [0.25, 0.3) is 11.4 Å². The zero-order valence-corrected chi connectivity index (χ0v) is 15.4. The summed E-state index contributed by atoms with van der Waals surface area (Å²) < 4.78 is 11.3. The van der Waals surface area contributed by atoms with Crippen molar-refractivity contribution in [3.63, 3.8) is 0 Å². The predicted molar refractivity (Wildman–Crippen MR) is 96.2 cm³/mol. The van der Waals surface area contributed by atoms with E-state index in [0.29, 0.717) is 18.3 Å². The van der Waals surface area contributed by atoms with E-state index in [4.69, 9.17) is 9.26 Å². The molecule has 2 aromatic rings. The Morgan fingerprint density at radius 1 is 1.23 bits per heavy atom. The summed E-state index contributed by atoms with van der Waals surface area (Å²) in [4.78, 5) is 19.6. The molecule has 6 heteroatoms. The van der Waals surface area contributed by atoms with Crippen LogP contribution in [0.4, 0.5) is 0 Å². The Bertz CT molecular complexity index is 772. The van der Waals surface area contributed by atoms with Crippen molar-refractivity contribution in [1.29, 1.82) is 0 Å². The van der Waals surface area contributed by atoms with Gasteiger partial charge in [-0.3, -0.25) is 4.79 Å². The molecule has 2 aliphatic rings. The van der Waals surface area contributed by atoms with Crippen molar-refractivity contribution < 1.29 is 14.1 Å². The molecule has 2 unspecified atom stereocenters. The van der Waals surface area contributed by atoms with Crippen LogP contribution in [-0.2, 0) is 9.53 Å². The molecule has 0 spiro atoms. The molecular formula is C20H25N3O3. The van der Waals surface area contributed by atoms with Gasteiger partial charge in [0, 0.05) is 24.6 Å². The number of amides is 1. The summed E-state index contributed by atoms with van der Waals surface area (Å²) in [7, 11) is 0. The van der Waals surface area contributed by atoms with Crippen LogP contribution in [0, 0.1) is 5.92 Å². The number of benzene rings is 1. The molecule has 138 valence electrons. The number of likely N-dealkylation sites (tertiary alicyclic amines) is 1. The monoisotopic (exact) mass is 355 g/mol. The maximum Gasteiger partial charge on any atom is 0.249 e. The molecule has 4 rings (SSSR count). The van der Waals surface area contributed by atoms with Crippen molar-refractivity contribution in [3.8, 4) is 11.4 Å². The van der Waals surface area contributed by atoms with Gasteiger partial charge >= 0.3 is 0 Å². The largest absolute Gasteiger partial charge is 0.376 e. The molecule has 1 amide bonds. The summed E-state index contributed by atoms with van der Waals surface area (Å²) in [6, 6.07) is 9.65. The van der Waals surface area contributed by atoms with Crippen molar-refractivity contribution >= 4 is 5.91 Å². The van der Waals surface area contributed by atoms with Crippen molar-refractivity contribution in [2.24, 2.45) is 5.92 Å². The minimum absolute atomic E-state index is 0.0101. The number of rotatable bonds is 3. The van der Waals surface area contributed by atoms with Crippen LogP contribution < -0.4 is 0 Å². The lowest BCUT2D eigenvalue weighted by Gasteiger charge is -2.37. The van der Waals surface area contributed by atoms with E-state index in [1.807, 2.05) is 35.2 Å². The first kappa shape index (κ1) is 17.2. The van der Waals surface area contributed by atoms with E-state index in [1.54, 1.807) is 0 Å². The Morgan fingerprint density at radius 2 is 2.04 bits per heavy atom. The summed E-state index contributed by atoms with van der Waals surface area (Å²) in [6.45, 7) is 5.50. The molecule has 26 heavy (non-hydrogen) atoms. The zero-order valence-electron chi connectivity index (χ0n) is 15.4. The van der Waals surface area contributed by atoms with E-state index >= 15 is 0 Å². The van der Waals surface area contributed by atoms with Crippen molar-refractivity contribution in [3.05, 3.63) is 36.2 Å². The third-order valence-electron chi connectivity index (χ3n) is 5.34. The quantitative estimate of drug-likeness (QED) is 0.841. The molecule has 2 aliphatic heterocycles. The minimum Gasteiger partial charge on any atom is -0.376 e. The van der Waals surface area contributed by atoms with E-state index in [1.165, 1.54) is 0 Å². The summed E-state index contributed by atoms with van der Waals surface area (Å²) in [5, 5.41) is 4.12. The van der Waals surface area contributed by atoms with Gasteiger partial charge in [0.2, 0.25) is 17.6 Å². The lowest BCUT2D eigenvalue weighted by Crippen LogP contribution is -2.43. The van der Waals surface area contributed by atoms with Crippen LogP contribution in [0.2, 0.25) is 0 Å². The molecule has 1 aromatic heterocycles. The van der Waals surface area contributed by atoms with E-state index in [2.05, 4.69) is 24.0 Å². The number of aromatic nitrogens is 2. The van der Waals surface area contributed by atoms with Crippen LogP contribution in [0.1, 0.15) is 51.5 Å². The maximum absolute atomic E-state index is 13.1. The highest BCUT2D eigenvalue weighted by Crippen LogP contribution is 2.36. The fraction of sp³-hybridized carbons (Fsp3) is 0.550. The maximum atomic E-state index is 13.1. The van der Waals surface area contributed by atoms with Gasteiger partial charge in [-0.1, -0.05) is 35.5 Å². The second-order valence-electron chi connectivity index (χ2n) is 7.81. The Hall–Kier alpha value is -2.21. The van der Waals surface area contributed by atoms with Gasteiger partial charge in [-0.2, -0.15) is 4.98 Å². The molecule has 0 N–H and O–H groups in total. The third kappa shape index (κ3) is 3.38. The Balaban J connectivity index is 1.52. The fourth-order valence-electron chi connectivity index (χ4n) is 4.04. The van der Waals surface area contributed by atoms with Crippen LogP contribution >= 0.6 is 0 Å². The van der Waals surface area contributed by atoms with Crippen LogP contribution in [0.15, 0.2) is 34.9 Å². The van der Waals surface area contributed by atoms with E-state index < -0.39 is 0 Å². The van der Waals surface area contributed by atoms with Crippen molar-refractivity contribution in [2.75, 3.05) is 13.2 Å². The standard InChI is InChI=1S/C20H25N3O3/c1-20(2)13-15(10-12-25-20)19(24)23-11-6-9-16(23)18-21-17(22-26-18)14-7-4-3-5-8-14/h3-5,7-8,15-16H,6,9-13H2,1-2H3. The highest BCUT2D eigenvalue weighted by Gasteiger charge is 2.40. The number of ether oxygens (including phenoxy) is 1. The molecule has 0 bridgehead atoms. The Morgan fingerprint density at radius 3 is 2.81 bits per heavy atom. The van der Waals surface area contributed by atoms with Gasteiger partial charge in [0.15, 0.2) is 0 Å². The van der Waals surface area contributed by atoms with Crippen molar-refractivity contribution in [1.82, 2.24) is 15.0 Å². The van der Waals surface area contributed by atoms with E-state index in [0.717, 1.165) is 37.8 Å². The summed E-state index contributed by atoms with van der Waals surface area (Å²) >= 11 is 0. The first-order valence-electron chi connectivity index (χ1n) is 9.37. The van der Waals surface area contributed by atoms with Crippen molar-refractivity contribution in [2.45, 2.75) is 51.2 Å². The van der Waals surface area contributed by atoms with Crippen LogP contribution in [0.3, 0.4) is 0 Å². The first-order chi connectivity index (χ1) is 12.5. The van der Waals surface area contributed by atoms with Crippen LogP contribution in [-0.4, -0.2) is 39.7 Å². The summed E-state index contributed by atoms with van der Waals surface area (Å²) in [6.07, 6.45) is 3.37. The van der Waals surface area contributed by atoms with Gasteiger partial charge in [0.25, 0.3) is 0 Å². The average Bonchev–Trinajstić information content (AvgIpc) is 3.30. The topological polar surface area (TPSA) is 68.5 Å². The molecule has 2 saturated heterocycles. The van der Waals surface area contributed by atoms with E-state index in [-0.39, 0.29) is 23.5 Å². The highest BCUT2D eigenvalue weighted by molar-refractivity contribution is 5.79. The van der Waals surface area contributed by atoms with Gasteiger partial charge in [-0.15, -0.1) is 0 Å². The second kappa shape index (κ2) is 6.83. The molecule has 6 nitrogen and oxygen atoms in total. The summed E-state index contributed by atoms with van der Waals surface area (Å²) in [5.41, 5.74) is 0.684. The normalized spacial score (nSPS) is 25.4. The molecule has 2 fully saturated rings. The number of hydrogen-bond acceptors (Lipinski definition) is 5. The number of nitrogens with zero attached hydrogens (tertiary/aromatic N) is 3. The van der Waals surface area contributed by atoms with Gasteiger partial charge in [0.1, 0.15) is 6.04 Å². The Kier molecular flexibility index (Phi) is 4.53. The summed E-state index contributed by atoms with van der Waals surface area (Å²) in [5.74, 6) is 1.33. The van der Waals surface area contributed by atoms with Gasteiger partial charge in [0.05, 0.1) is 5.60 Å². The zero-order chi connectivity index (χ0) is 18.1. The van der Waals surface area contributed by atoms with Crippen LogP contribution in [0.5, 0.6) is 0 Å². The lowest BCUT2D eigenvalue weighted by atomic mass is 9.87. The molecule has 0 radical (unpaired) electrons. The molecular weight excluding hydrogens is 330 g/mol. The Labute approximate surface area is 153 Å². The number of carbonyl (C=O) groups is 1. The molecule has 0 aliphatic carbocycles. The average molecular weight is 355 g/mol. The fourth-order valence-corrected chi connectivity index (χ4v) is 4.04. The number of carbonyl (C=O) groups excluding carboxylic acids is 1. The lowest BCUT2D eigenvalue weighted by molar-refractivity contribution is -0.146. The van der Waals surface area contributed by atoms with E-state index in [9.17, 15) is 4.79 Å². The minimum atomic E-state index is -0.237. The number of hydrogen-bond donors (Lipinski definition) is 0. The predicted octanol–water partition coefficient (Wildman–Crippen LogP) is 3.61.